The third-order valence-corrected chi connectivity index (χ3v) is 7.33. The molecular formula is C26H22N4OS2. The summed E-state index contributed by atoms with van der Waals surface area (Å²) >= 11 is 3.21. The molecule has 0 bridgehead atoms. The van der Waals surface area contributed by atoms with E-state index in [9.17, 15) is 4.79 Å². The summed E-state index contributed by atoms with van der Waals surface area (Å²) in [6.07, 6.45) is 3.90. The number of imidazole rings is 1. The number of hydrogen-bond donors (Lipinski definition) is 1. The number of benzene rings is 2. The summed E-state index contributed by atoms with van der Waals surface area (Å²) in [5.41, 5.74) is 2.94. The molecule has 164 valence electrons. The highest BCUT2D eigenvalue weighted by atomic mass is 32.1. The Balaban J connectivity index is 1.45. The molecule has 7 heteroatoms. The number of thiophene rings is 1. The summed E-state index contributed by atoms with van der Waals surface area (Å²) < 4.78 is 1.94. The first kappa shape index (κ1) is 21.3. The molecule has 0 aliphatic rings. The third-order valence-electron chi connectivity index (χ3n) is 5.35. The van der Waals surface area contributed by atoms with Crippen LogP contribution in [-0.2, 0) is 18.3 Å². The molecule has 0 fully saturated rings. The molecule has 0 saturated carbocycles. The van der Waals surface area contributed by atoms with Gasteiger partial charge in [-0.3, -0.25) is 4.79 Å². The molecule has 0 spiro atoms. The predicted octanol–water partition coefficient (Wildman–Crippen LogP) is 5.72. The van der Waals surface area contributed by atoms with Gasteiger partial charge in [0, 0.05) is 29.9 Å². The van der Waals surface area contributed by atoms with E-state index in [1.165, 1.54) is 0 Å². The largest absolute Gasteiger partial charge is 0.342 e. The zero-order chi connectivity index (χ0) is 22.6. The van der Waals surface area contributed by atoms with Crippen molar-refractivity contribution in [2.75, 3.05) is 0 Å². The van der Waals surface area contributed by atoms with Crippen molar-refractivity contribution in [3.05, 3.63) is 107 Å². The quantitative estimate of drug-likeness (QED) is 0.331. The van der Waals surface area contributed by atoms with Crippen LogP contribution in [0.5, 0.6) is 0 Å². The number of hydrogen-bond acceptors (Lipinski definition) is 5. The van der Waals surface area contributed by atoms with Crippen LogP contribution in [0.15, 0.2) is 90.6 Å². The first-order valence-electron chi connectivity index (χ1n) is 10.6. The van der Waals surface area contributed by atoms with Crippen LogP contribution in [0.2, 0.25) is 0 Å². The van der Waals surface area contributed by atoms with Gasteiger partial charge in [0.05, 0.1) is 17.0 Å². The number of nitrogens with one attached hydrogen (secondary N) is 1. The zero-order valence-electron chi connectivity index (χ0n) is 18.0. The lowest BCUT2D eigenvalue weighted by Crippen LogP contribution is -2.32. The molecular weight excluding hydrogens is 448 g/mol. The Labute approximate surface area is 200 Å². The molecule has 5 rings (SSSR count). The smallest absolute Gasteiger partial charge is 0.226 e. The Morgan fingerprint density at radius 2 is 1.79 bits per heavy atom. The normalized spacial score (nSPS) is 11.9. The van der Waals surface area contributed by atoms with Crippen LogP contribution >= 0.6 is 22.7 Å². The summed E-state index contributed by atoms with van der Waals surface area (Å²) in [6.45, 7) is 0. The van der Waals surface area contributed by atoms with Crippen molar-refractivity contribution < 1.29 is 4.79 Å². The van der Waals surface area contributed by atoms with E-state index in [4.69, 9.17) is 4.98 Å². The zero-order valence-corrected chi connectivity index (χ0v) is 19.6. The van der Waals surface area contributed by atoms with Crippen LogP contribution < -0.4 is 5.32 Å². The summed E-state index contributed by atoms with van der Waals surface area (Å²) in [4.78, 5) is 24.7. The number of aryl methyl sites for hydroxylation is 1. The molecule has 5 aromatic rings. The minimum absolute atomic E-state index is 0.0621. The van der Waals surface area contributed by atoms with Crippen molar-refractivity contribution in [1.29, 1.82) is 0 Å². The average Bonchev–Trinajstić information content (AvgIpc) is 3.60. The molecule has 3 heterocycles. The van der Waals surface area contributed by atoms with Gasteiger partial charge in [0.25, 0.3) is 0 Å². The van der Waals surface area contributed by atoms with Crippen LogP contribution in [0.4, 0.5) is 0 Å². The van der Waals surface area contributed by atoms with Gasteiger partial charge in [0.1, 0.15) is 16.9 Å². The molecule has 2 aromatic carbocycles. The number of carbonyl (C=O) groups excluding carboxylic acids is 1. The van der Waals surface area contributed by atoms with Crippen molar-refractivity contribution in [2.45, 2.75) is 12.5 Å². The second kappa shape index (κ2) is 9.52. The Kier molecular flexibility index (Phi) is 6.15. The van der Waals surface area contributed by atoms with Gasteiger partial charge in [-0.1, -0.05) is 66.7 Å². The van der Waals surface area contributed by atoms with Gasteiger partial charge < -0.3 is 9.88 Å². The maximum absolute atomic E-state index is 13.3. The van der Waals surface area contributed by atoms with E-state index in [2.05, 4.69) is 16.4 Å². The fourth-order valence-corrected chi connectivity index (χ4v) is 5.62. The number of aromatic nitrogens is 3. The number of nitrogens with zero attached hydrogens (tertiary/aromatic N) is 3. The molecule has 1 unspecified atom stereocenters. The number of rotatable bonds is 7. The molecule has 0 aliphatic carbocycles. The van der Waals surface area contributed by atoms with E-state index >= 15 is 0 Å². The molecule has 0 saturated heterocycles. The Hall–Kier alpha value is -3.55. The minimum atomic E-state index is -0.328. The third kappa shape index (κ3) is 4.65. The summed E-state index contributed by atoms with van der Waals surface area (Å²) in [5.74, 6) is 0.732. The lowest BCUT2D eigenvalue weighted by molar-refractivity contribution is -0.120. The SMILES string of the molecule is Cn1ccnc1C(NC(=O)Cc1sc(-c2ccccc2)nc1-c1cccs1)c1ccccc1. The Morgan fingerprint density at radius 1 is 1.03 bits per heavy atom. The fraction of sp³-hybridized carbons (Fsp3) is 0.115. The molecule has 5 nitrogen and oxygen atoms in total. The summed E-state index contributed by atoms with van der Waals surface area (Å²) in [7, 11) is 1.94. The predicted molar refractivity (Wildman–Crippen MR) is 134 cm³/mol. The van der Waals surface area contributed by atoms with Gasteiger partial charge in [0.2, 0.25) is 5.91 Å². The van der Waals surface area contributed by atoms with Crippen LogP contribution in [0.3, 0.4) is 0 Å². The lowest BCUT2D eigenvalue weighted by Gasteiger charge is -2.19. The summed E-state index contributed by atoms with van der Waals surface area (Å²) in [5, 5.41) is 6.16. The van der Waals surface area contributed by atoms with Crippen molar-refractivity contribution in [3.63, 3.8) is 0 Å². The maximum Gasteiger partial charge on any atom is 0.226 e. The molecule has 1 atom stereocenters. The fourth-order valence-electron chi connectivity index (χ4n) is 3.74. The second-order valence-electron chi connectivity index (χ2n) is 7.62. The van der Waals surface area contributed by atoms with Crippen LogP contribution in [0, 0.1) is 0 Å². The van der Waals surface area contributed by atoms with E-state index in [-0.39, 0.29) is 18.4 Å². The monoisotopic (exact) mass is 470 g/mol. The highest BCUT2D eigenvalue weighted by molar-refractivity contribution is 7.17. The molecule has 1 N–H and O–H groups in total. The first-order chi connectivity index (χ1) is 16.2. The van der Waals surface area contributed by atoms with E-state index in [0.29, 0.717) is 0 Å². The summed E-state index contributed by atoms with van der Waals surface area (Å²) in [6, 6.07) is 23.8. The van der Waals surface area contributed by atoms with Gasteiger partial charge in [-0.2, -0.15) is 0 Å². The van der Waals surface area contributed by atoms with Crippen LogP contribution in [0.25, 0.3) is 21.1 Å². The van der Waals surface area contributed by atoms with Crippen molar-refractivity contribution in [2.24, 2.45) is 7.05 Å². The maximum atomic E-state index is 13.3. The van der Waals surface area contributed by atoms with E-state index in [1.807, 2.05) is 89.9 Å². The highest BCUT2D eigenvalue weighted by Crippen LogP contribution is 2.36. The molecule has 0 radical (unpaired) electrons. The molecule has 33 heavy (non-hydrogen) atoms. The topological polar surface area (TPSA) is 59.8 Å². The molecule has 0 aliphatic heterocycles. The highest BCUT2D eigenvalue weighted by Gasteiger charge is 2.23. The van der Waals surface area contributed by atoms with E-state index < -0.39 is 0 Å². The van der Waals surface area contributed by atoms with E-state index in [0.717, 1.165) is 37.4 Å². The van der Waals surface area contributed by atoms with Gasteiger partial charge in [-0.05, 0) is 17.0 Å². The Morgan fingerprint density at radius 3 is 2.45 bits per heavy atom. The number of amides is 1. The average molecular weight is 471 g/mol. The number of carbonyl (C=O) groups is 1. The minimum Gasteiger partial charge on any atom is -0.342 e. The van der Waals surface area contributed by atoms with Gasteiger partial charge >= 0.3 is 0 Å². The lowest BCUT2D eigenvalue weighted by atomic mass is 10.1. The Bertz CT molecular complexity index is 1340. The second-order valence-corrected chi connectivity index (χ2v) is 9.65. The van der Waals surface area contributed by atoms with E-state index in [1.54, 1.807) is 28.9 Å². The van der Waals surface area contributed by atoms with Crippen LogP contribution in [0.1, 0.15) is 22.3 Å². The van der Waals surface area contributed by atoms with Crippen LogP contribution in [-0.4, -0.2) is 20.4 Å². The van der Waals surface area contributed by atoms with Gasteiger partial charge in [-0.25, -0.2) is 9.97 Å². The number of thiazole rings is 1. The first-order valence-corrected chi connectivity index (χ1v) is 12.3. The van der Waals surface area contributed by atoms with Gasteiger partial charge in [0.15, 0.2) is 0 Å². The van der Waals surface area contributed by atoms with Crippen molar-refractivity contribution in [1.82, 2.24) is 19.9 Å². The molecule has 3 aromatic heterocycles. The molecule has 1 amide bonds. The standard InChI is InChI=1S/C26H22N4OS2/c1-30-15-14-27-25(30)23(18-9-4-2-5-10-18)28-22(31)17-21-24(20-13-8-16-32-20)29-26(33-21)19-11-6-3-7-12-19/h2-16,23H,17H2,1H3,(H,28,31). The van der Waals surface area contributed by atoms with Crippen molar-refractivity contribution >= 4 is 28.6 Å². The van der Waals surface area contributed by atoms with Crippen molar-refractivity contribution in [3.8, 4) is 21.1 Å². The van der Waals surface area contributed by atoms with Gasteiger partial charge in [-0.15, -0.1) is 22.7 Å².